The van der Waals surface area contributed by atoms with E-state index >= 15 is 0 Å². The van der Waals surface area contributed by atoms with Crippen molar-refractivity contribution in [2.24, 2.45) is 0 Å². The first-order valence-corrected chi connectivity index (χ1v) is 10.4. The standard InChI is InChI=1S/C23H25N3O2S/c1-3-15-26-22(21(25-23(26)29)18-7-5-6-14-24-18)20-13-12-19(28-20)16-8-10-17(11-9-16)27-4-2/h5-14,21-22H,3-4,15H2,1-2H3,(H,25,29)/t21-,22-/m1/s1. The number of nitrogens with zero attached hydrogens (tertiary/aromatic N) is 2. The van der Waals surface area contributed by atoms with E-state index in [0.29, 0.717) is 6.61 Å². The van der Waals surface area contributed by atoms with Gasteiger partial charge in [-0.1, -0.05) is 13.0 Å². The Morgan fingerprint density at radius 2 is 1.93 bits per heavy atom. The van der Waals surface area contributed by atoms with Gasteiger partial charge in [0, 0.05) is 18.3 Å². The van der Waals surface area contributed by atoms with Gasteiger partial charge in [0.15, 0.2) is 5.11 Å². The third-order valence-corrected chi connectivity index (χ3v) is 5.38. The number of aromatic nitrogens is 1. The lowest BCUT2D eigenvalue weighted by atomic mass is 10.0. The number of rotatable bonds is 7. The Morgan fingerprint density at radius 1 is 1.10 bits per heavy atom. The zero-order valence-electron chi connectivity index (χ0n) is 16.7. The molecule has 3 heterocycles. The van der Waals surface area contributed by atoms with Crippen LogP contribution in [-0.4, -0.2) is 28.1 Å². The van der Waals surface area contributed by atoms with Crippen LogP contribution in [0.4, 0.5) is 0 Å². The van der Waals surface area contributed by atoms with Crippen LogP contribution in [0.25, 0.3) is 11.3 Å². The van der Waals surface area contributed by atoms with E-state index in [1.165, 1.54) is 0 Å². The predicted molar refractivity (Wildman–Crippen MR) is 118 cm³/mol. The molecule has 5 nitrogen and oxygen atoms in total. The third kappa shape index (κ3) is 3.98. The summed E-state index contributed by atoms with van der Waals surface area (Å²) in [6, 6.07) is 17.9. The van der Waals surface area contributed by atoms with Gasteiger partial charge in [0.2, 0.25) is 0 Å². The molecule has 0 amide bonds. The lowest BCUT2D eigenvalue weighted by Gasteiger charge is -2.25. The van der Waals surface area contributed by atoms with Gasteiger partial charge in [0.1, 0.15) is 23.3 Å². The second-order valence-corrected chi connectivity index (χ2v) is 7.37. The summed E-state index contributed by atoms with van der Waals surface area (Å²) in [6.45, 7) is 5.65. The second-order valence-electron chi connectivity index (χ2n) is 6.98. The highest BCUT2D eigenvalue weighted by molar-refractivity contribution is 7.80. The molecule has 0 bridgehead atoms. The number of thiocarbonyl (C=S) groups is 1. The van der Waals surface area contributed by atoms with Crippen LogP contribution in [-0.2, 0) is 0 Å². The third-order valence-electron chi connectivity index (χ3n) is 5.03. The van der Waals surface area contributed by atoms with Crippen LogP contribution >= 0.6 is 12.2 Å². The van der Waals surface area contributed by atoms with Crippen molar-refractivity contribution in [3.05, 3.63) is 72.2 Å². The second kappa shape index (κ2) is 8.66. The van der Waals surface area contributed by atoms with Crippen molar-refractivity contribution in [1.82, 2.24) is 15.2 Å². The van der Waals surface area contributed by atoms with Crippen molar-refractivity contribution in [3.63, 3.8) is 0 Å². The molecule has 6 heteroatoms. The minimum absolute atomic E-state index is 0.0335. The Morgan fingerprint density at radius 3 is 2.62 bits per heavy atom. The van der Waals surface area contributed by atoms with Crippen molar-refractivity contribution < 1.29 is 9.15 Å². The lowest BCUT2D eigenvalue weighted by Crippen LogP contribution is -2.30. The fraction of sp³-hybridized carbons (Fsp3) is 0.304. The van der Waals surface area contributed by atoms with Crippen LogP contribution in [0.1, 0.15) is 43.8 Å². The highest BCUT2D eigenvalue weighted by Gasteiger charge is 2.41. The molecule has 0 unspecified atom stereocenters. The maximum atomic E-state index is 6.32. The molecule has 3 aromatic rings. The molecule has 1 saturated heterocycles. The number of furan rings is 1. The van der Waals surface area contributed by atoms with Gasteiger partial charge in [-0.15, -0.1) is 0 Å². The average molecular weight is 408 g/mol. The largest absolute Gasteiger partial charge is 0.494 e. The molecular formula is C23H25N3O2S. The van der Waals surface area contributed by atoms with Gasteiger partial charge >= 0.3 is 0 Å². The van der Waals surface area contributed by atoms with E-state index in [1.807, 2.05) is 67.7 Å². The quantitative estimate of drug-likeness (QED) is 0.549. The smallest absolute Gasteiger partial charge is 0.170 e. The Balaban J connectivity index is 1.66. The Kier molecular flexibility index (Phi) is 5.81. The molecule has 1 aliphatic rings. The fourth-order valence-electron chi connectivity index (χ4n) is 3.75. The van der Waals surface area contributed by atoms with Gasteiger partial charge in [-0.25, -0.2) is 0 Å². The van der Waals surface area contributed by atoms with Gasteiger partial charge in [-0.05, 0) is 74.1 Å². The molecule has 150 valence electrons. The minimum atomic E-state index is -0.0467. The van der Waals surface area contributed by atoms with E-state index in [0.717, 1.165) is 46.6 Å². The molecule has 1 N–H and O–H groups in total. The molecule has 4 rings (SSSR count). The topological polar surface area (TPSA) is 50.5 Å². The summed E-state index contributed by atoms with van der Waals surface area (Å²) < 4.78 is 11.9. The highest BCUT2D eigenvalue weighted by Crippen LogP contribution is 2.40. The van der Waals surface area contributed by atoms with E-state index in [1.54, 1.807) is 0 Å². The van der Waals surface area contributed by atoms with Crippen LogP contribution in [0.2, 0.25) is 0 Å². The number of ether oxygens (including phenoxy) is 1. The van der Waals surface area contributed by atoms with Crippen LogP contribution < -0.4 is 10.1 Å². The van der Waals surface area contributed by atoms with E-state index < -0.39 is 0 Å². The number of hydrogen-bond donors (Lipinski definition) is 1. The number of pyridine rings is 1. The van der Waals surface area contributed by atoms with Crippen molar-refractivity contribution >= 4 is 17.3 Å². The molecular weight excluding hydrogens is 382 g/mol. The monoisotopic (exact) mass is 407 g/mol. The summed E-state index contributed by atoms with van der Waals surface area (Å²) in [7, 11) is 0. The zero-order chi connectivity index (χ0) is 20.2. The van der Waals surface area contributed by atoms with E-state index in [4.69, 9.17) is 21.4 Å². The normalized spacial score (nSPS) is 18.7. The number of nitrogens with one attached hydrogen (secondary N) is 1. The average Bonchev–Trinajstić information content (AvgIpc) is 3.35. The van der Waals surface area contributed by atoms with Crippen molar-refractivity contribution in [2.45, 2.75) is 32.4 Å². The molecule has 1 aliphatic heterocycles. The predicted octanol–water partition coefficient (Wildman–Crippen LogP) is 5.12. The van der Waals surface area contributed by atoms with Crippen LogP contribution in [0.5, 0.6) is 5.75 Å². The van der Waals surface area contributed by atoms with Crippen LogP contribution in [0, 0.1) is 0 Å². The molecule has 1 fully saturated rings. The van der Waals surface area contributed by atoms with E-state index in [2.05, 4.69) is 22.1 Å². The highest BCUT2D eigenvalue weighted by atomic mass is 32.1. The summed E-state index contributed by atoms with van der Waals surface area (Å²) in [4.78, 5) is 6.76. The van der Waals surface area contributed by atoms with Crippen LogP contribution in [0.3, 0.4) is 0 Å². The first kappa shape index (κ1) is 19.5. The maximum Gasteiger partial charge on any atom is 0.170 e. The summed E-state index contributed by atoms with van der Waals surface area (Å²) in [5.74, 6) is 2.57. The van der Waals surface area contributed by atoms with Crippen LogP contribution in [0.15, 0.2) is 65.2 Å². The van der Waals surface area contributed by atoms with Gasteiger partial charge in [-0.2, -0.15) is 0 Å². The first-order valence-electron chi connectivity index (χ1n) is 10.0. The van der Waals surface area contributed by atoms with E-state index in [9.17, 15) is 0 Å². The first-order chi connectivity index (χ1) is 14.2. The molecule has 0 aliphatic carbocycles. The van der Waals surface area contributed by atoms with Gasteiger partial charge < -0.3 is 19.4 Å². The SMILES string of the molecule is CCCN1C(=S)N[C@H](c2ccccn2)[C@H]1c1ccc(-c2ccc(OCC)cc2)o1. The lowest BCUT2D eigenvalue weighted by molar-refractivity contribution is 0.275. The van der Waals surface area contributed by atoms with Gasteiger partial charge in [0.25, 0.3) is 0 Å². The Bertz CT molecular complexity index is 956. The summed E-state index contributed by atoms with van der Waals surface area (Å²) >= 11 is 5.63. The molecule has 1 aromatic carbocycles. The summed E-state index contributed by atoms with van der Waals surface area (Å²) in [6.07, 6.45) is 2.81. The van der Waals surface area contributed by atoms with Crippen molar-refractivity contribution in [2.75, 3.05) is 13.2 Å². The number of benzene rings is 1. The van der Waals surface area contributed by atoms with Gasteiger partial charge in [-0.3, -0.25) is 4.98 Å². The molecule has 0 saturated carbocycles. The number of hydrogen-bond acceptors (Lipinski definition) is 4. The molecule has 2 atom stereocenters. The summed E-state index contributed by atoms with van der Waals surface area (Å²) in [5.41, 5.74) is 1.97. The minimum Gasteiger partial charge on any atom is -0.494 e. The molecule has 0 radical (unpaired) electrons. The molecule has 2 aromatic heterocycles. The zero-order valence-corrected chi connectivity index (χ0v) is 17.5. The molecule has 29 heavy (non-hydrogen) atoms. The maximum absolute atomic E-state index is 6.32. The van der Waals surface area contributed by atoms with Gasteiger partial charge in [0.05, 0.1) is 18.3 Å². The van der Waals surface area contributed by atoms with E-state index in [-0.39, 0.29) is 12.1 Å². The fourth-order valence-corrected chi connectivity index (χ4v) is 4.08. The van der Waals surface area contributed by atoms with Crippen molar-refractivity contribution in [1.29, 1.82) is 0 Å². The molecule has 0 spiro atoms. The summed E-state index contributed by atoms with van der Waals surface area (Å²) in [5, 5.41) is 4.18. The Hall–Kier alpha value is -2.86. The van der Waals surface area contributed by atoms with Crippen molar-refractivity contribution in [3.8, 4) is 17.1 Å². The Labute approximate surface area is 176 Å².